The molecule has 2 aromatic heterocycles. The Bertz CT molecular complexity index is 621. The van der Waals surface area contributed by atoms with Gasteiger partial charge < -0.3 is 9.30 Å². The van der Waals surface area contributed by atoms with Crippen LogP contribution < -0.4 is 5.56 Å². The second kappa shape index (κ2) is 4.24. The van der Waals surface area contributed by atoms with Crippen LogP contribution in [-0.2, 0) is 4.74 Å². The molecule has 0 saturated carbocycles. The minimum absolute atomic E-state index is 0.0117. The molecule has 96 valence electrons. The van der Waals surface area contributed by atoms with Crippen molar-refractivity contribution in [3.63, 3.8) is 0 Å². The minimum atomic E-state index is -0.0117. The first-order valence-corrected chi connectivity index (χ1v) is 6.34. The quantitative estimate of drug-likeness (QED) is 0.812. The number of pyridine rings is 1. The standard InChI is InChI=1S/C13H17N3O2/c1-9(2)16-7-10-3-5-15(11-4-6-18-8-11)13(17)12(10)14-16/h3,5,7,9,11H,4,6,8H2,1-2H3/t11-/m1/s1. The van der Waals surface area contributed by atoms with Crippen molar-refractivity contribution in [1.82, 2.24) is 14.3 Å². The van der Waals surface area contributed by atoms with E-state index >= 15 is 0 Å². The van der Waals surface area contributed by atoms with Crippen molar-refractivity contribution < 1.29 is 4.74 Å². The van der Waals surface area contributed by atoms with Crippen LogP contribution in [0.5, 0.6) is 0 Å². The largest absolute Gasteiger partial charge is 0.379 e. The van der Waals surface area contributed by atoms with Crippen molar-refractivity contribution in [2.24, 2.45) is 0 Å². The minimum Gasteiger partial charge on any atom is -0.379 e. The van der Waals surface area contributed by atoms with Crippen LogP contribution in [0, 0.1) is 0 Å². The molecular formula is C13H17N3O2. The average Bonchev–Trinajstić information content (AvgIpc) is 2.97. The van der Waals surface area contributed by atoms with E-state index in [-0.39, 0.29) is 17.6 Å². The molecule has 5 heteroatoms. The number of nitrogens with zero attached hydrogens (tertiary/aromatic N) is 3. The highest BCUT2D eigenvalue weighted by atomic mass is 16.5. The lowest BCUT2D eigenvalue weighted by Crippen LogP contribution is -2.24. The van der Waals surface area contributed by atoms with Crippen LogP contribution in [0.15, 0.2) is 23.3 Å². The van der Waals surface area contributed by atoms with E-state index in [0.29, 0.717) is 12.1 Å². The molecule has 18 heavy (non-hydrogen) atoms. The Morgan fingerprint density at radius 1 is 1.50 bits per heavy atom. The van der Waals surface area contributed by atoms with E-state index in [9.17, 15) is 4.79 Å². The summed E-state index contributed by atoms with van der Waals surface area (Å²) in [5, 5.41) is 5.29. The zero-order valence-electron chi connectivity index (χ0n) is 10.7. The zero-order chi connectivity index (χ0) is 12.7. The number of aromatic nitrogens is 3. The molecule has 0 radical (unpaired) electrons. The fraction of sp³-hybridized carbons (Fsp3) is 0.538. The molecule has 0 spiro atoms. The highest BCUT2D eigenvalue weighted by molar-refractivity contribution is 5.76. The third-order valence-corrected chi connectivity index (χ3v) is 3.44. The van der Waals surface area contributed by atoms with Crippen molar-refractivity contribution in [2.75, 3.05) is 13.2 Å². The third-order valence-electron chi connectivity index (χ3n) is 3.44. The first-order valence-electron chi connectivity index (χ1n) is 6.34. The van der Waals surface area contributed by atoms with Crippen molar-refractivity contribution in [1.29, 1.82) is 0 Å². The smallest absolute Gasteiger partial charge is 0.279 e. The van der Waals surface area contributed by atoms with Gasteiger partial charge in [-0.25, -0.2) is 0 Å². The predicted octanol–water partition coefficient (Wildman–Crippen LogP) is 1.74. The van der Waals surface area contributed by atoms with Gasteiger partial charge in [-0.1, -0.05) is 0 Å². The van der Waals surface area contributed by atoms with E-state index in [1.807, 2.05) is 23.1 Å². The molecule has 2 aromatic rings. The van der Waals surface area contributed by atoms with Crippen molar-refractivity contribution >= 4 is 10.9 Å². The summed E-state index contributed by atoms with van der Waals surface area (Å²) in [7, 11) is 0. The maximum Gasteiger partial charge on any atom is 0.279 e. The summed E-state index contributed by atoms with van der Waals surface area (Å²) in [6.45, 7) is 5.45. The molecule has 1 atom stereocenters. The van der Waals surface area contributed by atoms with Crippen LogP contribution in [0.3, 0.4) is 0 Å². The molecule has 1 aliphatic heterocycles. The lowest BCUT2D eigenvalue weighted by Gasteiger charge is -2.10. The summed E-state index contributed by atoms with van der Waals surface area (Å²) in [6, 6.07) is 2.38. The number of fused-ring (bicyclic) bond motifs is 1. The fourth-order valence-corrected chi connectivity index (χ4v) is 2.34. The molecule has 0 unspecified atom stereocenters. The average molecular weight is 247 g/mol. The molecule has 3 heterocycles. The van der Waals surface area contributed by atoms with Gasteiger partial charge in [0.05, 0.1) is 12.6 Å². The Balaban J connectivity index is 2.13. The predicted molar refractivity (Wildman–Crippen MR) is 68.9 cm³/mol. The first kappa shape index (κ1) is 11.5. The number of hydrogen-bond donors (Lipinski definition) is 0. The van der Waals surface area contributed by atoms with Crippen molar-refractivity contribution in [3.8, 4) is 0 Å². The van der Waals surface area contributed by atoms with Gasteiger partial charge >= 0.3 is 0 Å². The highest BCUT2D eigenvalue weighted by Gasteiger charge is 2.20. The summed E-state index contributed by atoms with van der Waals surface area (Å²) in [4.78, 5) is 12.4. The van der Waals surface area contributed by atoms with Gasteiger partial charge in [0.2, 0.25) is 0 Å². The lowest BCUT2D eigenvalue weighted by atomic mass is 10.2. The van der Waals surface area contributed by atoms with Gasteiger partial charge in [0, 0.05) is 30.4 Å². The maximum atomic E-state index is 12.4. The summed E-state index contributed by atoms with van der Waals surface area (Å²) in [5.74, 6) is 0. The Hall–Kier alpha value is -1.62. The first-order chi connectivity index (χ1) is 8.66. The van der Waals surface area contributed by atoms with Gasteiger partial charge in [-0.15, -0.1) is 0 Å². The van der Waals surface area contributed by atoms with Crippen LogP contribution in [0.2, 0.25) is 0 Å². The summed E-state index contributed by atoms with van der Waals surface area (Å²) in [6.07, 6.45) is 4.68. The Labute approximate surface area is 105 Å². The van der Waals surface area contributed by atoms with Gasteiger partial charge in [-0.3, -0.25) is 9.48 Å². The molecule has 0 aliphatic carbocycles. The topological polar surface area (TPSA) is 49.0 Å². The van der Waals surface area contributed by atoms with Crippen LogP contribution in [0.1, 0.15) is 32.4 Å². The summed E-state index contributed by atoms with van der Waals surface area (Å²) < 4.78 is 8.93. The lowest BCUT2D eigenvalue weighted by molar-refractivity contribution is 0.186. The van der Waals surface area contributed by atoms with Crippen LogP contribution in [0.4, 0.5) is 0 Å². The van der Waals surface area contributed by atoms with Crippen LogP contribution in [-0.4, -0.2) is 27.6 Å². The summed E-state index contributed by atoms with van der Waals surface area (Å²) in [5.41, 5.74) is 0.542. The van der Waals surface area contributed by atoms with E-state index in [4.69, 9.17) is 4.74 Å². The van der Waals surface area contributed by atoms with Crippen LogP contribution in [0.25, 0.3) is 10.9 Å². The highest BCUT2D eigenvalue weighted by Crippen LogP contribution is 2.18. The van der Waals surface area contributed by atoms with Gasteiger partial charge in [0.1, 0.15) is 0 Å². The maximum absolute atomic E-state index is 12.4. The number of hydrogen-bond acceptors (Lipinski definition) is 3. The molecule has 1 saturated heterocycles. The molecule has 1 fully saturated rings. The van der Waals surface area contributed by atoms with E-state index in [2.05, 4.69) is 18.9 Å². The SMILES string of the molecule is CC(C)n1cc2ccn([C@@H]3CCOC3)c(=O)c2n1. The van der Waals surface area contributed by atoms with Gasteiger partial charge in [0.25, 0.3) is 5.56 Å². The zero-order valence-corrected chi connectivity index (χ0v) is 10.7. The van der Waals surface area contributed by atoms with Gasteiger partial charge in [0.15, 0.2) is 5.52 Å². The van der Waals surface area contributed by atoms with Gasteiger partial charge in [-0.05, 0) is 26.3 Å². The molecular weight excluding hydrogens is 230 g/mol. The van der Waals surface area contributed by atoms with E-state index in [0.717, 1.165) is 18.4 Å². The number of rotatable bonds is 2. The normalized spacial score (nSPS) is 20.1. The van der Waals surface area contributed by atoms with Crippen LogP contribution >= 0.6 is 0 Å². The molecule has 3 rings (SSSR count). The molecule has 0 N–H and O–H groups in total. The summed E-state index contributed by atoms with van der Waals surface area (Å²) >= 11 is 0. The Kier molecular flexibility index (Phi) is 2.70. The van der Waals surface area contributed by atoms with Gasteiger partial charge in [-0.2, -0.15) is 5.10 Å². The molecule has 1 aliphatic rings. The fourth-order valence-electron chi connectivity index (χ4n) is 2.34. The second-order valence-corrected chi connectivity index (χ2v) is 5.05. The molecule has 0 amide bonds. The molecule has 0 aromatic carbocycles. The molecule has 5 nitrogen and oxygen atoms in total. The Morgan fingerprint density at radius 2 is 2.33 bits per heavy atom. The molecule has 0 bridgehead atoms. The van der Waals surface area contributed by atoms with Crippen molar-refractivity contribution in [2.45, 2.75) is 32.4 Å². The van der Waals surface area contributed by atoms with E-state index in [1.54, 1.807) is 4.57 Å². The van der Waals surface area contributed by atoms with E-state index in [1.165, 1.54) is 0 Å². The number of ether oxygens (including phenoxy) is 1. The van der Waals surface area contributed by atoms with E-state index < -0.39 is 0 Å². The monoisotopic (exact) mass is 247 g/mol. The van der Waals surface area contributed by atoms with Crippen molar-refractivity contribution in [3.05, 3.63) is 28.8 Å². The Morgan fingerprint density at radius 3 is 3.00 bits per heavy atom. The third kappa shape index (κ3) is 1.75. The second-order valence-electron chi connectivity index (χ2n) is 5.05.